The van der Waals surface area contributed by atoms with Gasteiger partial charge in [0.1, 0.15) is 0 Å². The van der Waals surface area contributed by atoms with Crippen LogP contribution in [0.3, 0.4) is 0 Å². The molecule has 0 bridgehead atoms. The Morgan fingerprint density at radius 2 is 0.402 bits per heavy atom. The molecular formula is C116H74N6. The van der Waals surface area contributed by atoms with E-state index in [1.165, 1.54) is 208 Å². The van der Waals surface area contributed by atoms with E-state index in [0.717, 1.165) is 22.7 Å². The minimum absolute atomic E-state index is 1.15. The van der Waals surface area contributed by atoms with Gasteiger partial charge in [-0.2, -0.15) is 0 Å². The van der Waals surface area contributed by atoms with Crippen molar-refractivity contribution in [2.24, 2.45) is 0 Å². The van der Waals surface area contributed by atoms with Crippen molar-refractivity contribution in [3.63, 3.8) is 0 Å². The third-order valence-corrected chi connectivity index (χ3v) is 25.6. The lowest BCUT2D eigenvalue weighted by molar-refractivity contribution is 1.18. The Labute approximate surface area is 702 Å². The summed E-state index contributed by atoms with van der Waals surface area (Å²) in [4.78, 5) is 0. The van der Waals surface area contributed by atoms with Crippen molar-refractivity contribution in [3.8, 4) is 78.6 Å². The van der Waals surface area contributed by atoms with E-state index < -0.39 is 0 Å². The van der Waals surface area contributed by atoms with Crippen molar-refractivity contribution in [2.45, 2.75) is 0 Å². The van der Waals surface area contributed by atoms with E-state index >= 15 is 0 Å². The molecule has 0 fully saturated rings. The molecule has 26 rings (SSSR count). The molecule has 26 aromatic rings. The minimum Gasteiger partial charge on any atom is -0.309 e. The number of benzene rings is 20. The Morgan fingerprint density at radius 3 is 0.885 bits per heavy atom. The van der Waals surface area contributed by atoms with Gasteiger partial charge in [0.25, 0.3) is 0 Å². The molecule has 20 aromatic carbocycles. The third-order valence-electron chi connectivity index (χ3n) is 25.6. The van der Waals surface area contributed by atoms with Crippen molar-refractivity contribution >= 4 is 152 Å². The summed E-state index contributed by atoms with van der Waals surface area (Å²) in [7, 11) is 0. The average Bonchev–Trinajstić information content (AvgIpc) is 1.54. The summed E-state index contributed by atoms with van der Waals surface area (Å²) in [5.41, 5.74) is 31.0. The first-order valence-corrected chi connectivity index (χ1v) is 42.0. The lowest BCUT2D eigenvalue weighted by Crippen LogP contribution is -1.96. The number of aromatic nitrogens is 6. The van der Waals surface area contributed by atoms with E-state index in [4.69, 9.17) is 0 Å². The molecule has 0 aliphatic heterocycles. The second-order valence-electron chi connectivity index (χ2n) is 32.2. The van der Waals surface area contributed by atoms with E-state index in [-0.39, 0.29) is 0 Å². The van der Waals surface area contributed by atoms with Gasteiger partial charge in [-0.1, -0.05) is 297 Å². The van der Waals surface area contributed by atoms with Gasteiger partial charge in [-0.25, -0.2) is 0 Å². The van der Waals surface area contributed by atoms with E-state index in [9.17, 15) is 0 Å². The van der Waals surface area contributed by atoms with Gasteiger partial charge in [0.15, 0.2) is 0 Å². The zero-order chi connectivity index (χ0) is 80.0. The fourth-order valence-corrected chi connectivity index (χ4v) is 20.3. The maximum atomic E-state index is 2.49. The van der Waals surface area contributed by atoms with Gasteiger partial charge < -0.3 is 27.4 Å². The summed E-state index contributed by atoms with van der Waals surface area (Å²) in [5.74, 6) is 0. The normalized spacial score (nSPS) is 11.9. The molecule has 0 N–H and O–H groups in total. The van der Waals surface area contributed by atoms with Gasteiger partial charge in [-0.15, -0.1) is 0 Å². The molecule has 568 valence electrons. The van der Waals surface area contributed by atoms with E-state index in [1.54, 1.807) is 0 Å². The smallest absolute Gasteiger partial charge is 0.0641 e. The number of nitrogens with zero attached hydrogens (tertiary/aromatic N) is 6. The molecule has 6 heterocycles. The van der Waals surface area contributed by atoms with Gasteiger partial charge in [0, 0.05) is 98.2 Å². The highest BCUT2D eigenvalue weighted by Gasteiger charge is 2.27. The Balaban J connectivity index is 0.000000134. The van der Waals surface area contributed by atoms with E-state index in [1.807, 2.05) is 0 Å². The monoisotopic (exact) mass is 1550 g/mol. The first kappa shape index (κ1) is 68.9. The Morgan fingerprint density at radius 1 is 0.123 bits per heavy atom. The van der Waals surface area contributed by atoms with Crippen LogP contribution >= 0.6 is 0 Å². The standard InChI is InChI=1S/2C58H37N3/c1-3-15-38(16-4-1)40-19-13-22-44(35-40)59-52-26-11-10-25-47(52)49-36-41(29-32-54(49)59)42-30-33-55-50(37-42)57-56(61(55)51-28-14-18-39-17-7-8-23-45(39)51)34-31-48-46-24-9-12-27-53(46)60(58(48)57)43-20-5-2-6-21-43;1-3-15-38(16-4-1)40-19-13-22-44(35-40)60-51-26-11-9-24-46(51)48-36-41(29-31-53(48)60)42-30-32-54-49(37-42)58-56(61(54)50-28-14-18-39-17-7-8-23-45(39)50)34-33-55-57(58)47-25-10-12-27-52(47)59(55)43-20-5-2-6-21-43/h2*1-37H. The minimum atomic E-state index is 1.15. The summed E-state index contributed by atoms with van der Waals surface area (Å²) in [6.07, 6.45) is 0. The lowest BCUT2D eigenvalue weighted by atomic mass is 9.99. The van der Waals surface area contributed by atoms with Crippen LogP contribution in [0, 0.1) is 0 Å². The third kappa shape index (κ3) is 10.7. The average molecular weight is 1550 g/mol. The molecule has 0 spiro atoms. The van der Waals surface area contributed by atoms with Gasteiger partial charge in [-0.05, 0) is 207 Å². The zero-order valence-corrected chi connectivity index (χ0v) is 66.4. The van der Waals surface area contributed by atoms with Crippen LogP contribution in [-0.2, 0) is 0 Å². The summed E-state index contributed by atoms with van der Waals surface area (Å²) in [6, 6.07) is 164. The zero-order valence-electron chi connectivity index (χ0n) is 66.4. The van der Waals surface area contributed by atoms with Crippen LogP contribution in [0.15, 0.2) is 449 Å². The van der Waals surface area contributed by atoms with Crippen LogP contribution < -0.4 is 0 Å². The highest BCUT2D eigenvalue weighted by Crippen LogP contribution is 2.49. The number of hydrogen-bond donors (Lipinski definition) is 0. The molecule has 6 nitrogen and oxygen atoms in total. The molecule has 0 amide bonds. The molecule has 6 aromatic heterocycles. The fraction of sp³-hybridized carbons (Fsp3) is 0. The molecule has 6 heteroatoms. The van der Waals surface area contributed by atoms with Crippen LogP contribution in [0.25, 0.3) is 231 Å². The molecule has 0 unspecified atom stereocenters. The first-order chi connectivity index (χ1) is 60.6. The van der Waals surface area contributed by atoms with E-state index in [0.29, 0.717) is 0 Å². The second kappa shape index (κ2) is 27.7. The predicted octanol–water partition coefficient (Wildman–Crippen LogP) is 30.9. The molecule has 0 saturated heterocycles. The van der Waals surface area contributed by atoms with Crippen LogP contribution in [-0.4, -0.2) is 27.4 Å². The Bertz CT molecular complexity index is 8740. The van der Waals surface area contributed by atoms with Gasteiger partial charge in [0.2, 0.25) is 0 Å². The van der Waals surface area contributed by atoms with Crippen LogP contribution in [0.1, 0.15) is 0 Å². The number of hydrogen-bond acceptors (Lipinski definition) is 0. The van der Waals surface area contributed by atoms with Crippen molar-refractivity contribution in [1.29, 1.82) is 0 Å². The molecule has 122 heavy (non-hydrogen) atoms. The highest BCUT2D eigenvalue weighted by molar-refractivity contribution is 6.31. The first-order valence-electron chi connectivity index (χ1n) is 42.0. The van der Waals surface area contributed by atoms with Gasteiger partial charge in [0.05, 0.1) is 77.6 Å². The van der Waals surface area contributed by atoms with Crippen LogP contribution in [0.4, 0.5) is 0 Å². The summed E-state index contributed by atoms with van der Waals surface area (Å²) < 4.78 is 14.7. The molecule has 0 atom stereocenters. The SMILES string of the molecule is c1ccc(-c2cccc(-n3c4ccccc4c4cc(-c5ccc6c(c5)c5c(ccc7c8ccccc8n(-c8ccccc8)c75)n6-c5cccc6ccccc56)ccc43)c2)cc1.c1ccc(-c2cccc(-n3c4ccccc4c4cc(-c5ccc6c(c5)c5c7c8ccccc8n(-c8ccccc8)c7ccc5n6-c5cccc6ccccc56)ccc43)c2)cc1. The fourth-order valence-electron chi connectivity index (χ4n) is 20.3. The molecule has 0 radical (unpaired) electrons. The van der Waals surface area contributed by atoms with Crippen molar-refractivity contribution in [2.75, 3.05) is 0 Å². The predicted molar refractivity (Wildman–Crippen MR) is 516 cm³/mol. The summed E-state index contributed by atoms with van der Waals surface area (Å²) in [5, 5.41) is 19.9. The van der Waals surface area contributed by atoms with Crippen LogP contribution in [0.2, 0.25) is 0 Å². The molecular weight excluding hydrogens is 1480 g/mol. The largest absolute Gasteiger partial charge is 0.309 e. The number of para-hydroxylation sites is 6. The lowest BCUT2D eigenvalue weighted by Gasteiger charge is -2.12. The van der Waals surface area contributed by atoms with Crippen molar-refractivity contribution in [3.05, 3.63) is 449 Å². The van der Waals surface area contributed by atoms with Crippen molar-refractivity contribution in [1.82, 2.24) is 27.4 Å². The number of fused-ring (bicyclic) bond motifs is 22. The van der Waals surface area contributed by atoms with Crippen LogP contribution in [0.5, 0.6) is 0 Å². The van der Waals surface area contributed by atoms with Crippen molar-refractivity contribution < 1.29 is 0 Å². The molecule has 0 aliphatic rings. The summed E-state index contributed by atoms with van der Waals surface area (Å²) >= 11 is 0. The quantitative estimate of drug-likeness (QED) is 0.131. The highest BCUT2D eigenvalue weighted by atomic mass is 15.0. The maximum absolute atomic E-state index is 2.49. The molecule has 0 aliphatic carbocycles. The second-order valence-corrected chi connectivity index (χ2v) is 32.2. The topological polar surface area (TPSA) is 29.6 Å². The Hall–Kier alpha value is -16.3. The summed E-state index contributed by atoms with van der Waals surface area (Å²) in [6.45, 7) is 0. The van der Waals surface area contributed by atoms with Gasteiger partial charge in [-0.3, -0.25) is 0 Å². The Kier molecular flexibility index (Phi) is 15.6. The number of rotatable bonds is 10. The van der Waals surface area contributed by atoms with E-state index in [2.05, 4.69) is 476 Å². The maximum Gasteiger partial charge on any atom is 0.0641 e. The molecule has 0 saturated carbocycles. The van der Waals surface area contributed by atoms with Gasteiger partial charge >= 0.3 is 0 Å².